The molecular formula is C17H15NO4. The second kappa shape index (κ2) is 4.29. The average molecular weight is 297 g/mol. The summed E-state index contributed by atoms with van der Waals surface area (Å²) in [4.78, 5) is 37.9. The van der Waals surface area contributed by atoms with Crippen LogP contribution in [0.5, 0.6) is 0 Å². The van der Waals surface area contributed by atoms with Crippen molar-refractivity contribution in [1.82, 2.24) is 0 Å². The van der Waals surface area contributed by atoms with Crippen LogP contribution in [0, 0.1) is 30.6 Å². The highest BCUT2D eigenvalue weighted by Gasteiger charge is 2.59. The number of carbonyl (C=O) groups excluding carboxylic acids is 2. The molecule has 0 spiro atoms. The molecule has 1 aromatic carbocycles. The third-order valence-corrected chi connectivity index (χ3v) is 5.17. The Hall–Kier alpha value is -2.43. The Labute approximate surface area is 127 Å². The predicted octanol–water partition coefficient (Wildman–Crippen LogP) is 2.00. The zero-order valence-electron chi connectivity index (χ0n) is 12.0. The molecule has 1 saturated heterocycles. The topological polar surface area (TPSA) is 74.7 Å². The van der Waals surface area contributed by atoms with E-state index in [4.69, 9.17) is 5.11 Å². The summed E-state index contributed by atoms with van der Waals surface area (Å²) < 4.78 is 0. The van der Waals surface area contributed by atoms with Gasteiger partial charge in [-0.3, -0.25) is 9.59 Å². The van der Waals surface area contributed by atoms with Crippen molar-refractivity contribution in [3.8, 4) is 0 Å². The molecule has 2 aliphatic carbocycles. The number of nitrogens with zero attached hydrogens (tertiary/aromatic N) is 1. The van der Waals surface area contributed by atoms with E-state index >= 15 is 0 Å². The van der Waals surface area contributed by atoms with Gasteiger partial charge in [-0.15, -0.1) is 0 Å². The Kier molecular flexibility index (Phi) is 2.58. The van der Waals surface area contributed by atoms with Crippen LogP contribution in [0.2, 0.25) is 0 Å². The number of allylic oxidation sites excluding steroid dienone is 2. The van der Waals surface area contributed by atoms with Crippen molar-refractivity contribution in [2.45, 2.75) is 13.3 Å². The lowest BCUT2D eigenvalue weighted by molar-refractivity contribution is -0.123. The Morgan fingerprint density at radius 3 is 2.27 bits per heavy atom. The maximum atomic E-state index is 12.7. The van der Waals surface area contributed by atoms with Gasteiger partial charge in [-0.25, -0.2) is 9.69 Å². The van der Waals surface area contributed by atoms with Gasteiger partial charge in [0.2, 0.25) is 11.8 Å². The molecule has 2 fully saturated rings. The Morgan fingerprint density at radius 2 is 1.73 bits per heavy atom. The first kappa shape index (κ1) is 13.2. The molecule has 1 aromatic rings. The maximum Gasteiger partial charge on any atom is 0.335 e. The highest BCUT2D eigenvalue weighted by atomic mass is 16.4. The molecule has 2 bridgehead atoms. The highest BCUT2D eigenvalue weighted by molar-refractivity contribution is 6.23. The van der Waals surface area contributed by atoms with Crippen LogP contribution < -0.4 is 4.90 Å². The monoisotopic (exact) mass is 297 g/mol. The van der Waals surface area contributed by atoms with Crippen molar-refractivity contribution in [2.24, 2.45) is 23.7 Å². The van der Waals surface area contributed by atoms with E-state index in [1.165, 1.54) is 17.0 Å². The van der Waals surface area contributed by atoms with E-state index in [1.807, 2.05) is 12.2 Å². The second-order valence-electron chi connectivity index (χ2n) is 6.32. The van der Waals surface area contributed by atoms with Gasteiger partial charge in [-0.1, -0.05) is 18.2 Å². The van der Waals surface area contributed by atoms with Gasteiger partial charge in [-0.2, -0.15) is 0 Å². The molecule has 0 unspecified atom stereocenters. The average Bonchev–Trinajstić information content (AvgIpc) is 3.14. The molecule has 4 atom stereocenters. The van der Waals surface area contributed by atoms with Gasteiger partial charge in [0.1, 0.15) is 0 Å². The van der Waals surface area contributed by atoms with Crippen molar-refractivity contribution < 1.29 is 19.5 Å². The van der Waals surface area contributed by atoms with Crippen molar-refractivity contribution in [2.75, 3.05) is 4.90 Å². The van der Waals surface area contributed by atoms with Crippen molar-refractivity contribution in [1.29, 1.82) is 0 Å². The molecule has 22 heavy (non-hydrogen) atoms. The molecule has 3 aliphatic rings. The highest BCUT2D eigenvalue weighted by Crippen LogP contribution is 2.53. The zero-order chi connectivity index (χ0) is 15.6. The molecule has 112 valence electrons. The molecule has 0 aromatic heterocycles. The van der Waals surface area contributed by atoms with E-state index in [0.29, 0.717) is 5.69 Å². The number of rotatable bonds is 2. The van der Waals surface area contributed by atoms with Gasteiger partial charge < -0.3 is 5.11 Å². The van der Waals surface area contributed by atoms with Gasteiger partial charge in [0, 0.05) is 0 Å². The molecule has 5 nitrogen and oxygen atoms in total. The number of hydrogen-bond donors (Lipinski definition) is 1. The fourth-order valence-corrected chi connectivity index (χ4v) is 4.12. The minimum Gasteiger partial charge on any atom is -0.478 e. The predicted molar refractivity (Wildman–Crippen MR) is 78.3 cm³/mol. The van der Waals surface area contributed by atoms with Gasteiger partial charge in [0.25, 0.3) is 0 Å². The molecule has 1 heterocycles. The Balaban J connectivity index is 1.79. The van der Waals surface area contributed by atoms with Crippen LogP contribution >= 0.6 is 0 Å². The normalized spacial score (nSPS) is 32.0. The molecular weight excluding hydrogens is 282 g/mol. The molecule has 0 radical (unpaired) electrons. The lowest BCUT2D eigenvalue weighted by Crippen LogP contribution is -2.33. The number of fused-ring (bicyclic) bond motifs is 5. The molecule has 1 aliphatic heterocycles. The molecule has 2 amide bonds. The van der Waals surface area contributed by atoms with Gasteiger partial charge in [-0.05, 0) is 42.9 Å². The summed E-state index contributed by atoms with van der Waals surface area (Å²) in [6.07, 6.45) is 4.97. The first-order valence-corrected chi connectivity index (χ1v) is 7.39. The molecule has 4 rings (SSSR count). The van der Waals surface area contributed by atoms with E-state index in [0.717, 1.165) is 12.0 Å². The van der Waals surface area contributed by atoms with Gasteiger partial charge >= 0.3 is 5.97 Å². The van der Waals surface area contributed by atoms with Crippen LogP contribution in [-0.2, 0) is 9.59 Å². The smallest absolute Gasteiger partial charge is 0.335 e. The summed E-state index contributed by atoms with van der Waals surface area (Å²) in [5.41, 5.74) is 1.22. The summed E-state index contributed by atoms with van der Waals surface area (Å²) in [6, 6.07) is 4.54. The molecule has 5 heteroatoms. The number of hydrogen-bond acceptors (Lipinski definition) is 3. The molecule has 1 saturated carbocycles. The van der Waals surface area contributed by atoms with Crippen molar-refractivity contribution >= 4 is 23.5 Å². The number of imide groups is 1. The lowest BCUT2D eigenvalue weighted by atomic mass is 9.85. The van der Waals surface area contributed by atoms with Gasteiger partial charge in [0.05, 0.1) is 23.1 Å². The van der Waals surface area contributed by atoms with E-state index in [-0.39, 0.29) is 41.0 Å². The maximum absolute atomic E-state index is 12.7. The number of carboxylic acid groups (broad SMARTS) is 1. The summed E-state index contributed by atoms with van der Waals surface area (Å²) in [5.74, 6) is -1.66. The fraction of sp³-hybridized carbons (Fsp3) is 0.353. The summed E-state index contributed by atoms with van der Waals surface area (Å²) in [5, 5.41) is 9.13. The number of carbonyl (C=O) groups is 3. The van der Waals surface area contributed by atoms with Crippen LogP contribution in [-0.4, -0.2) is 22.9 Å². The van der Waals surface area contributed by atoms with E-state index in [2.05, 4.69) is 0 Å². The zero-order valence-corrected chi connectivity index (χ0v) is 12.0. The third-order valence-electron chi connectivity index (χ3n) is 5.17. The van der Waals surface area contributed by atoms with Crippen LogP contribution in [0.15, 0.2) is 30.4 Å². The first-order valence-electron chi connectivity index (χ1n) is 7.39. The SMILES string of the molecule is Cc1ccc(C(=O)O)cc1N1C(=O)[C@@H]2[C@@H](C1=O)[C@H]1C=C[C@H]2C1. The van der Waals surface area contributed by atoms with E-state index in [1.54, 1.807) is 13.0 Å². The largest absolute Gasteiger partial charge is 0.478 e. The quantitative estimate of drug-likeness (QED) is 0.669. The lowest BCUT2D eigenvalue weighted by Gasteiger charge is -2.19. The Morgan fingerprint density at radius 1 is 1.14 bits per heavy atom. The number of aryl methyl sites for hydroxylation is 1. The van der Waals surface area contributed by atoms with Crippen LogP contribution in [0.4, 0.5) is 5.69 Å². The number of carboxylic acids is 1. The number of benzene rings is 1. The van der Waals surface area contributed by atoms with Crippen LogP contribution in [0.25, 0.3) is 0 Å². The van der Waals surface area contributed by atoms with E-state index in [9.17, 15) is 14.4 Å². The van der Waals surface area contributed by atoms with E-state index < -0.39 is 5.97 Å². The van der Waals surface area contributed by atoms with Gasteiger partial charge in [0.15, 0.2) is 0 Å². The molecule has 1 N–H and O–H groups in total. The summed E-state index contributed by atoms with van der Waals surface area (Å²) >= 11 is 0. The Bertz CT molecular complexity index is 721. The number of aromatic carboxylic acids is 1. The summed E-state index contributed by atoms with van der Waals surface area (Å²) in [7, 11) is 0. The first-order chi connectivity index (χ1) is 10.5. The second-order valence-corrected chi connectivity index (χ2v) is 6.32. The number of amides is 2. The minimum atomic E-state index is -1.07. The summed E-state index contributed by atoms with van der Waals surface area (Å²) in [6.45, 7) is 1.78. The van der Waals surface area contributed by atoms with Crippen LogP contribution in [0.3, 0.4) is 0 Å². The van der Waals surface area contributed by atoms with Crippen molar-refractivity contribution in [3.63, 3.8) is 0 Å². The third kappa shape index (κ3) is 1.56. The number of anilines is 1. The van der Waals surface area contributed by atoms with Crippen molar-refractivity contribution in [3.05, 3.63) is 41.5 Å². The fourth-order valence-electron chi connectivity index (χ4n) is 4.12. The standard InChI is InChI=1S/C17H15NO4/c1-8-2-3-11(17(21)22)7-12(8)18-15(19)13-9-4-5-10(6-9)14(13)16(18)20/h2-5,7,9-10,13-14H,6H2,1H3,(H,21,22)/t9-,10-,13-,14-/m0/s1. The van der Waals surface area contributed by atoms with Crippen LogP contribution in [0.1, 0.15) is 22.3 Å². The minimum absolute atomic E-state index is 0.0827.